The molecule has 0 spiro atoms. The molecule has 0 amide bonds. The van der Waals surface area contributed by atoms with Crippen LogP contribution in [0, 0.1) is 0 Å². The van der Waals surface area contributed by atoms with Gasteiger partial charge in [0.15, 0.2) is 5.72 Å². The van der Waals surface area contributed by atoms with Crippen molar-refractivity contribution in [3.63, 3.8) is 0 Å². The minimum absolute atomic E-state index is 0.123. The fraction of sp³-hybridized carbons (Fsp3) is 0.750. The lowest BCUT2D eigenvalue weighted by Crippen LogP contribution is -2.31. The maximum absolute atomic E-state index is 11.0. The monoisotopic (exact) mass is 170 g/mol. The third-order valence-electron chi connectivity index (χ3n) is 2.31. The van der Waals surface area contributed by atoms with Crippen molar-refractivity contribution < 1.29 is 9.53 Å². The Morgan fingerprint density at radius 3 is 2.75 bits per heavy atom. The van der Waals surface area contributed by atoms with Crippen LogP contribution in [0.4, 0.5) is 0 Å². The molecular formula is C8H14N2O2. The molecule has 1 fully saturated rings. The molecule has 0 unspecified atom stereocenters. The molecule has 68 valence electrons. The lowest BCUT2D eigenvalue weighted by molar-refractivity contribution is -0.119. The van der Waals surface area contributed by atoms with E-state index in [2.05, 4.69) is 17.0 Å². The Morgan fingerprint density at radius 1 is 1.83 bits per heavy atom. The van der Waals surface area contributed by atoms with Gasteiger partial charge in [-0.25, -0.2) is 0 Å². The number of methoxy groups -OCH3 is 1. The van der Waals surface area contributed by atoms with Crippen molar-refractivity contribution in [1.29, 1.82) is 0 Å². The minimum Gasteiger partial charge on any atom is -0.356 e. The molecule has 1 heterocycles. The number of hydrogen-bond donors (Lipinski definition) is 1. The van der Waals surface area contributed by atoms with Crippen LogP contribution >= 0.6 is 0 Å². The summed E-state index contributed by atoms with van der Waals surface area (Å²) in [4.78, 5) is 14.9. The number of ether oxygens (including phenoxy) is 1. The van der Waals surface area contributed by atoms with Crippen molar-refractivity contribution >= 4 is 12.5 Å². The van der Waals surface area contributed by atoms with Gasteiger partial charge >= 0.3 is 0 Å². The first kappa shape index (κ1) is 9.35. The molecule has 1 rings (SSSR count). The van der Waals surface area contributed by atoms with Gasteiger partial charge < -0.3 is 10.1 Å². The SMILES string of the molecule is C=N[C@@]1(OC)CN[C@H](C(C)=O)C1. The number of hydrogen-bond acceptors (Lipinski definition) is 4. The first-order valence-corrected chi connectivity index (χ1v) is 3.90. The maximum atomic E-state index is 11.0. The van der Waals surface area contributed by atoms with E-state index < -0.39 is 5.72 Å². The number of carbonyl (C=O) groups is 1. The summed E-state index contributed by atoms with van der Waals surface area (Å²) in [6.45, 7) is 5.58. The van der Waals surface area contributed by atoms with Gasteiger partial charge in [-0.05, 0) is 13.6 Å². The van der Waals surface area contributed by atoms with E-state index in [1.807, 2.05) is 0 Å². The van der Waals surface area contributed by atoms with E-state index >= 15 is 0 Å². The van der Waals surface area contributed by atoms with Crippen LogP contribution in [0.3, 0.4) is 0 Å². The average molecular weight is 170 g/mol. The predicted octanol–water partition coefficient (Wildman–Crippen LogP) is -0.0194. The standard InChI is InChI=1S/C8H14N2O2/c1-6(11)7-4-8(9-2,12-3)5-10-7/h7,10H,2,4-5H2,1,3H3/t7-,8-/m0/s1. The molecule has 1 aliphatic rings. The van der Waals surface area contributed by atoms with E-state index in [1.165, 1.54) is 0 Å². The van der Waals surface area contributed by atoms with Gasteiger partial charge in [-0.1, -0.05) is 0 Å². The lowest BCUT2D eigenvalue weighted by Gasteiger charge is -2.20. The summed E-state index contributed by atoms with van der Waals surface area (Å²) in [5, 5.41) is 3.04. The molecular weight excluding hydrogens is 156 g/mol. The minimum atomic E-state index is -0.587. The van der Waals surface area contributed by atoms with Crippen molar-refractivity contribution in [2.45, 2.75) is 25.1 Å². The van der Waals surface area contributed by atoms with Gasteiger partial charge in [-0.15, -0.1) is 0 Å². The summed E-state index contributed by atoms with van der Waals surface area (Å²) in [6, 6.07) is -0.129. The largest absolute Gasteiger partial charge is 0.356 e. The highest BCUT2D eigenvalue weighted by atomic mass is 16.5. The maximum Gasteiger partial charge on any atom is 0.172 e. The molecule has 1 aliphatic heterocycles. The molecule has 1 N–H and O–H groups in total. The Balaban J connectivity index is 2.64. The summed E-state index contributed by atoms with van der Waals surface area (Å²) in [5.74, 6) is 0.123. The molecule has 0 aromatic rings. The number of rotatable bonds is 3. The normalized spacial score (nSPS) is 35.0. The van der Waals surface area contributed by atoms with E-state index in [0.29, 0.717) is 13.0 Å². The molecule has 0 aromatic heterocycles. The van der Waals surface area contributed by atoms with Crippen molar-refractivity contribution in [3.05, 3.63) is 0 Å². The van der Waals surface area contributed by atoms with Crippen molar-refractivity contribution in [2.24, 2.45) is 4.99 Å². The third kappa shape index (κ3) is 1.54. The van der Waals surface area contributed by atoms with E-state index in [1.54, 1.807) is 14.0 Å². The van der Waals surface area contributed by atoms with Crippen LogP contribution in [0.1, 0.15) is 13.3 Å². The van der Waals surface area contributed by atoms with Gasteiger partial charge in [0.05, 0.1) is 6.04 Å². The number of ketones is 1. The van der Waals surface area contributed by atoms with Crippen LogP contribution < -0.4 is 5.32 Å². The first-order chi connectivity index (χ1) is 5.63. The number of Topliss-reactive ketones (excluding diaryl/α,β-unsaturated/α-hetero) is 1. The summed E-state index contributed by atoms with van der Waals surface area (Å²) in [5.41, 5.74) is -0.587. The number of carbonyl (C=O) groups excluding carboxylic acids is 1. The molecule has 0 aliphatic carbocycles. The highest BCUT2D eigenvalue weighted by Crippen LogP contribution is 2.24. The van der Waals surface area contributed by atoms with E-state index in [0.717, 1.165) is 0 Å². The van der Waals surface area contributed by atoms with Crippen molar-refractivity contribution in [3.8, 4) is 0 Å². The topological polar surface area (TPSA) is 50.7 Å². The highest BCUT2D eigenvalue weighted by molar-refractivity contribution is 5.82. The molecule has 0 saturated carbocycles. The van der Waals surface area contributed by atoms with Gasteiger partial charge in [0.2, 0.25) is 0 Å². The zero-order valence-electron chi connectivity index (χ0n) is 7.46. The summed E-state index contributed by atoms with van der Waals surface area (Å²) in [6.07, 6.45) is 0.586. The van der Waals surface area contributed by atoms with Gasteiger partial charge in [0.25, 0.3) is 0 Å². The van der Waals surface area contributed by atoms with Crippen LogP contribution in [-0.2, 0) is 9.53 Å². The lowest BCUT2D eigenvalue weighted by atomic mass is 10.1. The Morgan fingerprint density at radius 2 is 2.50 bits per heavy atom. The summed E-state index contributed by atoms with van der Waals surface area (Å²) in [7, 11) is 1.58. The molecule has 0 aromatic carbocycles. The molecule has 4 nitrogen and oxygen atoms in total. The van der Waals surface area contributed by atoms with Crippen LogP contribution in [0.15, 0.2) is 4.99 Å². The number of nitrogens with one attached hydrogen (secondary N) is 1. The molecule has 2 atom stereocenters. The van der Waals surface area contributed by atoms with Gasteiger partial charge in [0.1, 0.15) is 5.78 Å². The van der Waals surface area contributed by atoms with E-state index in [9.17, 15) is 4.79 Å². The fourth-order valence-electron chi connectivity index (χ4n) is 1.37. The Labute approximate surface area is 72.0 Å². The highest BCUT2D eigenvalue weighted by Gasteiger charge is 2.39. The quantitative estimate of drug-likeness (QED) is 0.606. The molecule has 12 heavy (non-hydrogen) atoms. The molecule has 0 bridgehead atoms. The average Bonchev–Trinajstić information content (AvgIpc) is 2.49. The predicted molar refractivity (Wildman–Crippen MR) is 46.4 cm³/mol. The second-order valence-electron chi connectivity index (χ2n) is 3.06. The summed E-state index contributed by atoms with van der Waals surface area (Å²) < 4.78 is 5.18. The van der Waals surface area contributed by atoms with E-state index in [-0.39, 0.29) is 11.8 Å². The van der Waals surface area contributed by atoms with Crippen LogP contribution in [-0.4, -0.2) is 37.9 Å². The van der Waals surface area contributed by atoms with Gasteiger partial charge in [-0.2, -0.15) is 0 Å². The van der Waals surface area contributed by atoms with Crippen molar-refractivity contribution in [1.82, 2.24) is 5.32 Å². The Hall–Kier alpha value is -0.740. The van der Waals surface area contributed by atoms with E-state index in [4.69, 9.17) is 4.74 Å². The Bertz CT molecular complexity index is 205. The zero-order chi connectivity index (χ0) is 9.19. The fourth-order valence-corrected chi connectivity index (χ4v) is 1.37. The smallest absolute Gasteiger partial charge is 0.172 e. The first-order valence-electron chi connectivity index (χ1n) is 3.90. The molecule has 0 radical (unpaired) electrons. The second kappa shape index (κ2) is 3.33. The molecule has 4 heteroatoms. The number of aliphatic imine (C=N–C) groups is 1. The van der Waals surface area contributed by atoms with Gasteiger partial charge in [-0.3, -0.25) is 9.79 Å². The van der Waals surface area contributed by atoms with Gasteiger partial charge in [0, 0.05) is 20.1 Å². The molecule has 1 saturated heterocycles. The Kier molecular flexibility index (Phi) is 2.59. The second-order valence-corrected chi connectivity index (χ2v) is 3.06. The number of nitrogens with zero attached hydrogens (tertiary/aromatic N) is 1. The third-order valence-corrected chi connectivity index (χ3v) is 2.31. The summed E-state index contributed by atoms with van der Waals surface area (Å²) >= 11 is 0. The van der Waals surface area contributed by atoms with Crippen LogP contribution in [0.5, 0.6) is 0 Å². The van der Waals surface area contributed by atoms with Crippen LogP contribution in [0.2, 0.25) is 0 Å². The van der Waals surface area contributed by atoms with Crippen LogP contribution in [0.25, 0.3) is 0 Å². The zero-order valence-corrected chi connectivity index (χ0v) is 7.46. The van der Waals surface area contributed by atoms with Crippen molar-refractivity contribution in [2.75, 3.05) is 13.7 Å².